The minimum atomic E-state index is -0.595. The summed E-state index contributed by atoms with van der Waals surface area (Å²) >= 11 is 14.5. The first-order valence-electron chi connectivity index (χ1n) is 7.03. The van der Waals surface area contributed by atoms with Crippen LogP contribution < -0.4 is 10.2 Å². The van der Waals surface area contributed by atoms with E-state index in [9.17, 15) is 14.7 Å². The molecule has 5 nitrogen and oxygen atoms in total. The minimum absolute atomic E-state index is 0.0351. The molecule has 2 aromatic carbocycles. The predicted molar refractivity (Wildman–Crippen MR) is 103 cm³/mol. The Balaban J connectivity index is 2.05. The van der Waals surface area contributed by atoms with Crippen molar-refractivity contribution in [3.63, 3.8) is 0 Å². The Kier molecular flexibility index (Phi) is 4.89. The van der Waals surface area contributed by atoms with E-state index in [4.69, 9.17) is 23.8 Å². The molecule has 1 saturated heterocycles. The number of carbonyl (C=O) groups excluding carboxylic acids is 2. The smallest absolute Gasteiger partial charge is 0.270 e. The average molecular weight is 438 g/mol. The number of anilines is 1. The SMILES string of the molecule is O=C1NC(=S)N(c2ccccc2Cl)C(=O)/C1=C/c1ccc(O)c(Br)c1. The highest BCUT2D eigenvalue weighted by Crippen LogP contribution is 2.30. The van der Waals surface area contributed by atoms with Crippen LogP contribution in [0.5, 0.6) is 5.75 Å². The molecule has 1 aliphatic rings. The molecule has 0 spiro atoms. The lowest BCUT2D eigenvalue weighted by atomic mass is 10.1. The van der Waals surface area contributed by atoms with Gasteiger partial charge in [0.1, 0.15) is 11.3 Å². The second kappa shape index (κ2) is 6.95. The number of rotatable bonds is 2. The summed E-state index contributed by atoms with van der Waals surface area (Å²) in [7, 11) is 0. The van der Waals surface area contributed by atoms with E-state index in [2.05, 4.69) is 21.2 Å². The van der Waals surface area contributed by atoms with Gasteiger partial charge in [-0.2, -0.15) is 0 Å². The monoisotopic (exact) mass is 436 g/mol. The predicted octanol–water partition coefficient (Wildman–Crippen LogP) is 3.64. The zero-order chi connectivity index (χ0) is 18.1. The molecule has 25 heavy (non-hydrogen) atoms. The molecule has 0 saturated carbocycles. The number of amides is 2. The van der Waals surface area contributed by atoms with Gasteiger partial charge in [0.05, 0.1) is 15.2 Å². The molecule has 2 amide bonds. The van der Waals surface area contributed by atoms with Crippen LogP contribution >= 0.6 is 39.7 Å². The standard InChI is InChI=1S/C17H10BrClN2O3S/c18-11-8-9(5-6-14(11)22)7-10-15(23)20-17(25)21(16(10)24)13-4-2-1-3-12(13)19/h1-8,22H,(H,20,23,25)/b10-7+. The number of nitrogens with zero attached hydrogens (tertiary/aromatic N) is 1. The lowest BCUT2D eigenvalue weighted by Gasteiger charge is -2.29. The van der Waals surface area contributed by atoms with Gasteiger partial charge in [-0.25, -0.2) is 0 Å². The lowest BCUT2D eigenvalue weighted by Crippen LogP contribution is -2.54. The van der Waals surface area contributed by atoms with Crippen LogP contribution in [-0.2, 0) is 9.59 Å². The molecule has 1 fully saturated rings. The van der Waals surface area contributed by atoms with Crippen molar-refractivity contribution in [2.45, 2.75) is 0 Å². The third-order valence-corrected chi connectivity index (χ3v) is 4.72. The van der Waals surface area contributed by atoms with Gasteiger partial charge in [-0.1, -0.05) is 29.8 Å². The average Bonchev–Trinajstić information content (AvgIpc) is 2.56. The van der Waals surface area contributed by atoms with E-state index >= 15 is 0 Å². The van der Waals surface area contributed by atoms with Crippen molar-refractivity contribution in [1.29, 1.82) is 0 Å². The number of aromatic hydroxyl groups is 1. The van der Waals surface area contributed by atoms with Gasteiger partial charge in [0.2, 0.25) is 0 Å². The third kappa shape index (κ3) is 3.44. The summed E-state index contributed by atoms with van der Waals surface area (Å²) in [4.78, 5) is 26.3. The first-order chi connectivity index (χ1) is 11.9. The first-order valence-corrected chi connectivity index (χ1v) is 8.61. The van der Waals surface area contributed by atoms with Gasteiger partial charge < -0.3 is 5.11 Å². The molecule has 1 heterocycles. The number of thiocarbonyl (C=S) groups is 1. The fourth-order valence-electron chi connectivity index (χ4n) is 2.29. The van der Waals surface area contributed by atoms with Crippen molar-refractivity contribution in [1.82, 2.24) is 5.32 Å². The third-order valence-electron chi connectivity index (χ3n) is 3.48. The minimum Gasteiger partial charge on any atom is -0.507 e. The number of nitrogens with one attached hydrogen (secondary N) is 1. The van der Waals surface area contributed by atoms with Crippen molar-refractivity contribution in [3.8, 4) is 5.75 Å². The van der Waals surface area contributed by atoms with Gasteiger partial charge in [0.25, 0.3) is 11.8 Å². The zero-order valence-corrected chi connectivity index (χ0v) is 15.7. The Bertz CT molecular complexity index is 945. The largest absolute Gasteiger partial charge is 0.507 e. The fraction of sp³-hybridized carbons (Fsp3) is 0. The Morgan fingerprint density at radius 2 is 1.92 bits per heavy atom. The van der Waals surface area contributed by atoms with E-state index in [0.717, 1.165) is 0 Å². The number of carbonyl (C=O) groups is 2. The quantitative estimate of drug-likeness (QED) is 0.428. The molecule has 0 atom stereocenters. The highest BCUT2D eigenvalue weighted by Gasteiger charge is 2.35. The van der Waals surface area contributed by atoms with Crippen LogP contribution in [0.25, 0.3) is 6.08 Å². The summed E-state index contributed by atoms with van der Waals surface area (Å²) in [5, 5.41) is 12.3. The maximum absolute atomic E-state index is 12.8. The normalized spacial score (nSPS) is 16.3. The lowest BCUT2D eigenvalue weighted by molar-refractivity contribution is -0.122. The van der Waals surface area contributed by atoms with Crippen LogP contribution in [0.15, 0.2) is 52.5 Å². The van der Waals surface area contributed by atoms with Crippen LogP contribution in [0.2, 0.25) is 5.02 Å². The molecule has 8 heteroatoms. The van der Waals surface area contributed by atoms with Gasteiger partial charge in [-0.05, 0) is 64.1 Å². The molecule has 3 rings (SSSR count). The van der Waals surface area contributed by atoms with Gasteiger partial charge in [-0.15, -0.1) is 0 Å². The molecule has 0 bridgehead atoms. The molecule has 2 N–H and O–H groups in total. The van der Waals surface area contributed by atoms with Crippen molar-refractivity contribution in [2.75, 3.05) is 4.90 Å². The summed E-state index contributed by atoms with van der Waals surface area (Å²) < 4.78 is 0.448. The first kappa shape index (κ1) is 17.6. The molecule has 0 radical (unpaired) electrons. The number of phenols is 1. The van der Waals surface area contributed by atoms with E-state index in [1.807, 2.05) is 0 Å². The Morgan fingerprint density at radius 3 is 2.60 bits per heavy atom. The number of phenolic OH excluding ortho intramolecular Hbond substituents is 1. The van der Waals surface area contributed by atoms with Crippen LogP contribution in [-0.4, -0.2) is 22.0 Å². The van der Waals surface area contributed by atoms with Gasteiger partial charge in [0.15, 0.2) is 5.11 Å². The molecular weight excluding hydrogens is 428 g/mol. The maximum atomic E-state index is 12.8. The highest BCUT2D eigenvalue weighted by atomic mass is 79.9. The van der Waals surface area contributed by atoms with Crippen LogP contribution in [0, 0.1) is 0 Å². The van der Waals surface area contributed by atoms with Gasteiger partial charge >= 0.3 is 0 Å². The number of hydrogen-bond acceptors (Lipinski definition) is 4. The molecular formula is C17H10BrClN2O3S. The van der Waals surface area contributed by atoms with Gasteiger partial charge in [0, 0.05) is 0 Å². The number of para-hydroxylation sites is 1. The Labute approximate surface area is 162 Å². The molecule has 126 valence electrons. The second-order valence-corrected chi connectivity index (χ2v) is 6.77. The summed E-state index contributed by atoms with van der Waals surface area (Å²) in [5.41, 5.74) is 0.859. The number of halogens is 2. The molecule has 0 aromatic heterocycles. The van der Waals surface area contributed by atoms with Crippen LogP contribution in [0.1, 0.15) is 5.56 Å². The van der Waals surface area contributed by atoms with Crippen molar-refractivity contribution in [2.24, 2.45) is 0 Å². The van der Waals surface area contributed by atoms with Crippen molar-refractivity contribution >= 4 is 68.4 Å². The van der Waals surface area contributed by atoms with Crippen LogP contribution in [0.3, 0.4) is 0 Å². The van der Waals surface area contributed by atoms with E-state index in [-0.39, 0.29) is 16.4 Å². The molecule has 1 aliphatic heterocycles. The highest BCUT2D eigenvalue weighted by molar-refractivity contribution is 9.10. The maximum Gasteiger partial charge on any atom is 0.270 e. The molecule has 0 aliphatic carbocycles. The number of hydrogen-bond donors (Lipinski definition) is 2. The van der Waals surface area contributed by atoms with E-state index in [1.165, 1.54) is 17.0 Å². The molecule has 0 unspecified atom stereocenters. The summed E-state index contributed by atoms with van der Waals surface area (Å²) in [6.07, 6.45) is 1.42. The van der Waals surface area contributed by atoms with Gasteiger partial charge in [-0.3, -0.25) is 19.8 Å². The summed E-state index contributed by atoms with van der Waals surface area (Å²) in [5.74, 6) is -1.12. The van der Waals surface area contributed by atoms with E-state index in [1.54, 1.807) is 36.4 Å². The second-order valence-electron chi connectivity index (χ2n) is 5.12. The van der Waals surface area contributed by atoms with E-state index in [0.29, 0.717) is 20.7 Å². The summed E-state index contributed by atoms with van der Waals surface area (Å²) in [6, 6.07) is 11.3. The van der Waals surface area contributed by atoms with Crippen LogP contribution in [0.4, 0.5) is 5.69 Å². The topological polar surface area (TPSA) is 69.6 Å². The number of benzene rings is 2. The molecule has 2 aromatic rings. The van der Waals surface area contributed by atoms with Crippen molar-refractivity contribution in [3.05, 3.63) is 63.1 Å². The summed E-state index contributed by atoms with van der Waals surface area (Å²) in [6.45, 7) is 0. The fourth-order valence-corrected chi connectivity index (χ4v) is 3.18. The Hall–Kier alpha value is -2.22. The van der Waals surface area contributed by atoms with Crippen molar-refractivity contribution < 1.29 is 14.7 Å². The Morgan fingerprint density at radius 1 is 1.20 bits per heavy atom. The van der Waals surface area contributed by atoms with E-state index < -0.39 is 11.8 Å². The zero-order valence-electron chi connectivity index (χ0n) is 12.5.